The standard InChI is InChI=1S/C52H92N14O19/c1-9-33(4)39(68)12-15-81-17-19-83-21-23-85-24-22-84-20-18-82-16-14-55-40(69)27-61-50(80)52(7,8)66-44(73)31-60-48(78)37(25-32(2)3)64-42(71)29-57-46(76)34(5)62-41(70)28-59-49(79)38(26-45(74)75)65-43(72)30-58-47(77)36(63-35(6)67)11-10-13-56-51(53)54/h32-34,36-38H,9-31H2,1-8H3,(H,55,69)(H,57,76)(H,58,77)(H,59,79)(H,60,78)(H,61,80)(H,62,70)(H,63,67)(H,64,71)(H,65,72)(H,66,73)(H,74,75)(H4,53,54,56)/t33?,34-,36-,37-,38-/m0/s1. The molecule has 0 saturated heterocycles. The van der Waals surface area contributed by atoms with E-state index in [9.17, 15) is 67.4 Å². The van der Waals surface area contributed by atoms with Crippen LogP contribution in [0.3, 0.4) is 0 Å². The molecule has 0 bridgehead atoms. The molecule has 5 atom stereocenters. The third-order valence-corrected chi connectivity index (χ3v) is 11.6. The molecule has 33 heteroatoms. The fraction of sp³-hybridized carbons (Fsp3) is 0.731. The number of nitrogens with zero attached hydrogens (tertiary/aromatic N) is 1. The second-order valence-corrected chi connectivity index (χ2v) is 20.1. The minimum absolute atomic E-state index is 0.0496. The summed E-state index contributed by atoms with van der Waals surface area (Å²) < 4.78 is 27.2. The van der Waals surface area contributed by atoms with Crippen molar-refractivity contribution in [2.24, 2.45) is 28.3 Å². The van der Waals surface area contributed by atoms with Crippen molar-refractivity contribution in [3.8, 4) is 0 Å². The molecule has 0 aliphatic rings. The zero-order valence-electron chi connectivity index (χ0n) is 50.1. The molecule has 0 aliphatic heterocycles. The van der Waals surface area contributed by atoms with Crippen LogP contribution < -0.4 is 70.0 Å². The maximum Gasteiger partial charge on any atom is 0.305 e. The van der Waals surface area contributed by atoms with Crippen molar-refractivity contribution in [3.05, 3.63) is 0 Å². The molecule has 0 fully saturated rings. The highest BCUT2D eigenvalue weighted by atomic mass is 16.6. The minimum Gasteiger partial charge on any atom is -0.481 e. The molecule has 1 unspecified atom stereocenters. The van der Waals surface area contributed by atoms with Crippen molar-refractivity contribution in [1.29, 1.82) is 0 Å². The van der Waals surface area contributed by atoms with Gasteiger partial charge in [0.2, 0.25) is 65.0 Å². The first-order valence-electron chi connectivity index (χ1n) is 27.9. The van der Waals surface area contributed by atoms with Gasteiger partial charge in [-0.3, -0.25) is 67.3 Å². The monoisotopic (exact) mass is 1220 g/mol. The highest BCUT2D eigenvalue weighted by Crippen LogP contribution is 2.07. The van der Waals surface area contributed by atoms with Crippen LogP contribution in [-0.2, 0) is 86.0 Å². The fourth-order valence-corrected chi connectivity index (χ4v) is 6.93. The molecule has 85 heavy (non-hydrogen) atoms. The molecule has 0 aliphatic carbocycles. The van der Waals surface area contributed by atoms with E-state index >= 15 is 0 Å². The SMILES string of the molecule is CCC(C)C(=O)CCOCCOCCOCCOCCOCCNC(=O)CNC(=O)C(C)(C)NC(=O)CNC(=O)[C@H](CC(C)C)NC(=O)CNC(=O)[C@H](C)NC(=O)CNC(=O)[C@H](CC(=O)O)NC(=O)CNC(=O)[C@H](CCCN=C(N)N)NC(C)=O. The van der Waals surface area contributed by atoms with E-state index in [0.717, 1.165) is 6.42 Å². The molecule has 0 heterocycles. The van der Waals surface area contributed by atoms with Crippen LogP contribution >= 0.6 is 0 Å². The molecule has 0 aromatic heterocycles. The number of amides is 11. The van der Waals surface area contributed by atoms with Gasteiger partial charge in [-0.2, -0.15) is 0 Å². The van der Waals surface area contributed by atoms with Crippen LogP contribution in [0.4, 0.5) is 0 Å². The van der Waals surface area contributed by atoms with E-state index in [1.807, 2.05) is 13.8 Å². The molecule has 0 spiro atoms. The molecule has 16 N–H and O–H groups in total. The summed E-state index contributed by atoms with van der Waals surface area (Å²) in [7, 11) is 0. The molecule has 0 aromatic rings. The van der Waals surface area contributed by atoms with Crippen molar-refractivity contribution in [2.75, 3.05) is 112 Å². The van der Waals surface area contributed by atoms with Crippen LogP contribution in [0, 0.1) is 11.8 Å². The first-order valence-corrected chi connectivity index (χ1v) is 27.9. The van der Waals surface area contributed by atoms with Gasteiger partial charge in [-0.15, -0.1) is 0 Å². The molecule has 11 amide bonds. The number of ketones is 1. The average Bonchev–Trinajstić information content (AvgIpc) is 3.57. The average molecular weight is 1220 g/mol. The van der Waals surface area contributed by atoms with Gasteiger partial charge in [-0.1, -0.05) is 27.7 Å². The fourth-order valence-electron chi connectivity index (χ4n) is 6.93. The zero-order valence-corrected chi connectivity index (χ0v) is 50.1. The smallest absolute Gasteiger partial charge is 0.305 e. The highest BCUT2D eigenvalue weighted by Gasteiger charge is 2.31. The Labute approximate surface area is 494 Å². The summed E-state index contributed by atoms with van der Waals surface area (Å²) in [5.41, 5.74) is 9.03. The highest BCUT2D eigenvalue weighted by molar-refractivity contribution is 5.97. The second kappa shape index (κ2) is 44.8. The number of carbonyl (C=O) groups is 13. The van der Waals surface area contributed by atoms with Gasteiger partial charge in [0.05, 0.1) is 105 Å². The number of rotatable bonds is 48. The van der Waals surface area contributed by atoms with E-state index in [-0.39, 0.29) is 69.1 Å². The van der Waals surface area contributed by atoms with Crippen LogP contribution in [-0.4, -0.2) is 229 Å². The quantitative estimate of drug-likeness (QED) is 0.0153. The lowest BCUT2D eigenvalue weighted by Gasteiger charge is -2.25. The summed E-state index contributed by atoms with van der Waals surface area (Å²) in [6.07, 6.45) is 0.778. The van der Waals surface area contributed by atoms with Gasteiger partial charge in [-0.25, -0.2) is 0 Å². The molecule has 0 rings (SSSR count). The Morgan fingerprint density at radius 2 is 0.976 bits per heavy atom. The summed E-state index contributed by atoms with van der Waals surface area (Å²) in [6.45, 7) is 13.1. The predicted octanol–water partition coefficient (Wildman–Crippen LogP) is -5.78. The number of carboxylic acids is 1. The number of Topliss-reactive ketones (excluding diaryl/α,β-unsaturated/α-hetero) is 1. The van der Waals surface area contributed by atoms with Gasteiger partial charge in [0.1, 0.15) is 35.5 Å². The van der Waals surface area contributed by atoms with Gasteiger partial charge in [0.25, 0.3) is 0 Å². The third-order valence-electron chi connectivity index (χ3n) is 11.6. The van der Waals surface area contributed by atoms with Crippen LogP contribution in [0.15, 0.2) is 4.99 Å². The maximum atomic E-state index is 13.2. The van der Waals surface area contributed by atoms with Gasteiger partial charge >= 0.3 is 5.97 Å². The van der Waals surface area contributed by atoms with Crippen molar-refractivity contribution >= 4 is 82.7 Å². The van der Waals surface area contributed by atoms with Crippen LogP contribution in [0.5, 0.6) is 0 Å². The molecule has 484 valence electrons. The number of carbonyl (C=O) groups excluding carboxylic acids is 12. The molecule has 33 nitrogen and oxygen atoms in total. The number of hydrogen-bond acceptors (Lipinski definition) is 19. The van der Waals surface area contributed by atoms with Gasteiger partial charge in [0, 0.05) is 32.4 Å². The summed E-state index contributed by atoms with van der Waals surface area (Å²) in [4.78, 5) is 166. The van der Waals surface area contributed by atoms with E-state index in [0.29, 0.717) is 59.3 Å². The van der Waals surface area contributed by atoms with Crippen LogP contribution in [0.2, 0.25) is 0 Å². The Kier molecular flexibility index (Phi) is 40.8. The van der Waals surface area contributed by atoms with E-state index in [4.69, 9.17) is 35.2 Å². The topological polar surface area (TPSA) is 485 Å². The first kappa shape index (κ1) is 77.4. The van der Waals surface area contributed by atoms with Gasteiger partial charge in [0.15, 0.2) is 5.96 Å². The predicted molar refractivity (Wildman–Crippen MR) is 304 cm³/mol. The van der Waals surface area contributed by atoms with E-state index in [2.05, 4.69) is 63.5 Å². The number of aliphatic carboxylic acids is 1. The van der Waals surface area contributed by atoms with Gasteiger partial charge < -0.3 is 98.7 Å². The Morgan fingerprint density at radius 3 is 1.47 bits per heavy atom. The lowest BCUT2D eigenvalue weighted by molar-refractivity contribution is -0.141. The van der Waals surface area contributed by atoms with Crippen LogP contribution in [0.25, 0.3) is 0 Å². The van der Waals surface area contributed by atoms with E-state index in [1.54, 1.807) is 13.8 Å². The number of ether oxygens (including phenoxy) is 5. The maximum absolute atomic E-state index is 13.2. The normalized spacial score (nSPS) is 12.8. The van der Waals surface area contributed by atoms with E-state index in [1.165, 1.54) is 27.7 Å². The molecular formula is C52H92N14O19. The number of carboxylic acid groups (broad SMARTS) is 1. The third kappa shape index (κ3) is 40.3. The second-order valence-electron chi connectivity index (χ2n) is 20.1. The zero-order chi connectivity index (χ0) is 64.3. The number of nitrogens with one attached hydrogen (secondary N) is 11. The Hall–Kier alpha value is -7.62. The van der Waals surface area contributed by atoms with Crippen molar-refractivity contribution in [2.45, 2.75) is 124 Å². The largest absolute Gasteiger partial charge is 0.481 e. The first-order chi connectivity index (χ1) is 40.1. The van der Waals surface area contributed by atoms with Crippen molar-refractivity contribution in [1.82, 2.24) is 58.5 Å². The number of nitrogens with two attached hydrogens (primary N) is 2. The molecular weight excluding hydrogens is 1120 g/mol. The summed E-state index contributed by atoms with van der Waals surface area (Å²) in [5.74, 6) is -10.3. The Bertz CT molecular complexity index is 2200. The lowest BCUT2D eigenvalue weighted by atomic mass is 10.0. The minimum atomic E-state index is -1.71. The van der Waals surface area contributed by atoms with Crippen LogP contribution in [0.1, 0.15) is 93.9 Å². The lowest BCUT2D eigenvalue weighted by Crippen LogP contribution is -2.58. The number of aliphatic imine (C=N–C) groups is 1. The number of guanidine groups is 1. The summed E-state index contributed by atoms with van der Waals surface area (Å²) in [6, 6.07) is -5.25. The van der Waals surface area contributed by atoms with Gasteiger partial charge in [-0.05, 0) is 52.4 Å². The molecule has 0 radical (unpaired) electrons. The number of hydrogen-bond donors (Lipinski definition) is 14. The van der Waals surface area contributed by atoms with Crippen molar-refractivity contribution < 1.29 is 91.1 Å². The summed E-state index contributed by atoms with van der Waals surface area (Å²) >= 11 is 0. The van der Waals surface area contributed by atoms with Crippen molar-refractivity contribution in [3.63, 3.8) is 0 Å². The molecule has 0 saturated carbocycles. The molecule has 0 aromatic carbocycles. The Morgan fingerprint density at radius 1 is 0.529 bits per heavy atom. The Balaban J connectivity index is 4.68. The van der Waals surface area contributed by atoms with E-state index < -0.39 is 140 Å². The summed E-state index contributed by atoms with van der Waals surface area (Å²) in [5, 5.41) is 35.3.